The Bertz CT molecular complexity index is 4840. The molecule has 0 radical (unpaired) electrons. The lowest BCUT2D eigenvalue weighted by atomic mass is 9.33. The van der Waals surface area contributed by atoms with Gasteiger partial charge in [-0.25, -0.2) is 0 Å². The molecular weight excluding hydrogens is 1050 g/mol. The van der Waals surface area contributed by atoms with Crippen molar-refractivity contribution < 1.29 is 0 Å². The van der Waals surface area contributed by atoms with Crippen LogP contribution in [0.5, 0.6) is 0 Å². The van der Waals surface area contributed by atoms with E-state index in [1.54, 1.807) is 0 Å². The Morgan fingerprint density at radius 2 is 0.782 bits per heavy atom. The van der Waals surface area contributed by atoms with E-state index in [9.17, 15) is 10.5 Å². The minimum atomic E-state index is -0.0992. The van der Waals surface area contributed by atoms with E-state index >= 15 is 0 Å². The molecule has 0 fully saturated rings. The van der Waals surface area contributed by atoms with Crippen molar-refractivity contribution in [2.24, 2.45) is 0 Å². The van der Waals surface area contributed by atoms with Crippen LogP contribution in [-0.4, -0.2) is 11.3 Å². The third-order valence-corrected chi connectivity index (χ3v) is 17.6. The largest absolute Gasteiger partial charge is 0.311 e. The van der Waals surface area contributed by atoms with Crippen LogP contribution in [0.2, 0.25) is 0 Å². The molecule has 14 aromatic rings. The first-order chi connectivity index (χ1) is 43.0. The molecule has 87 heavy (non-hydrogen) atoms. The number of benzene rings is 13. The zero-order valence-corrected chi connectivity index (χ0v) is 47.6. The maximum atomic E-state index is 10.5. The first kappa shape index (κ1) is 51.0. The van der Waals surface area contributed by atoms with Gasteiger partial charge in [0.2, 0.25) is 0 Å². The molecule has 404 valence electrons. The van der Waals surface area contributed by atoms with Crippen molar-refractivity contribution >= 4 is 79.0 Å². The molecule has 0 bridgehead atoms. The number of aryl methyl sites for hydroxylation is 1. The van der Waals surface area contributed by atoms with E-state index in [1.165, 1.54) is 16.4 Å². The predicted molar refractivity (Wildman–Crippen MR) is 362 cm³/mol. The number of nitriles is 2. The van der Waals surface area contributed by atoms with Crippen LogP contribution in [0.3, 0.4) is 0 Å². The second-order valence-corrected chi connectivity index (χ2v) is 22.7. The quantitative estimate of drug-likeness (QED) is 0.135. The van der Waals surface area contributed by atoms with Gasteiger partial charge >= 0.3 is 0 Å². The van der Waals surface area contributed by atoms with Crippen LogP contribution in [0.15, 0.2) is 297 Å². The number of aromatic nitrogens is 1. The zero-order valence-electron chi connectivity index (χ0n) is 47.6. The fourth-order valence-electron chi connectivity index (χ4n) is 13.7. The minimum Gasteiger partial charge on any atom is -0.311 e. The fourth-order valence-corrected chi connectivity index (χ4v) is 13.7. The van der Waals surface area contributed by atoms with Gasteiger partial charge in [0.1, 0.15) is 0 Å². The van der Waals surface area contributed by atoms with Gasteiger partial charge in [-0.05, 0) is 188 Å². The highest BCUT2D eigenvalue weighted by Gasteiger charge is 2.44. The molecule has 3 heterocycles. The highest BCUT2D eigenvalue weighted by atomic mass is 15.2. The Kier molecular flexibility index (Phi) is 12.2. The summed E-state index contributed by atoms with van der Waals surface area (Å²) in [5.74, 6) is 0. The molecule has 2 aliphatic heterocycles. The van der Waals surface area contributed by atoms with Gasteiger partial charge in [-0.15, -0.1) is 0 Å². The molecule has 0 saturated carbocycles. The van der Waals surface area contributed by atoms with Crippen molar-refractivity contribution in [3.05, 3.63) is 314 Å². The van der Waals surface area contributed by atoms with Crippen LogP contribution in [-0.2, 0) is 0 Å². The molecule has 2 aliphatic rings. The van der Waals surface area contributed by atoms with E-state index in [2.05, 4.69) is 287 Å². The summed E-state index contributed by atoms with van der Waals surface area (Å²) in [5.41, 5.74) is 28.2. The summed E-state index contributed by atoms with van der Waals surface area (Å²) < 4.78 is 2.30. The van der Waals surface area contributed by atoms with Crippen molar-refractivity contribution in [1.82, 2.24) is 4.57 Å². The molecule has 0 spiro atoms. The van der Waals surface area contributed by atoms with Gasteiger partial charge < -0.3 is 14.4 Å². The third kappa shape index (κ3) is 8.62. The first-order valence-corrected chi connectivity index (χ1v) is 29.5. The van der Waals surface area contributed by atoms with Crippen LogP contribution in [0.25, 0.3) is 94.3 Å². The maximum absolute atomic E-state index is 10.5. The summed E-state index contributed by atoms with van der Waals surface area (Å²) in [6, 6.07) is 112. The number of anilines is 6. The molecule has 0 unspecified atom stereocenters. The Hall–Kier alpha value is -11.7. The standard InChI is InChI=1S/C81H52BN5/c1-53-34-37-68(65(40-53)52-84)70-41-54(51-83)35-38-75(70)87-74-31-17-14-28-69(74)71-48-59(36-39-76(71)87)64-49-79-81-80(50-64)86(67-46-62(57-24-10-4-11-25-57)43-63(47-67)58-26-12-5-13-27-58)78-33-19-16-30-73(78)82(81)72-29-15-18-32-77(72)85(79)66-44-60(55-20-6-2-7-21-55)42-61(45-66)56-22-8-3-9-23-56/h2-50H,1H3. The Balaban J connectivity index is 0.988. The molecule has 6 heteroatoms. The highest BCUT2D eigenvalue weighted by molar-refractivity contribution is 7.00. The van der Waals surface area contributed by atoms with Crippen molar-refractivity contribution in [3.8, 4) is 84.6 Å². The first-order valence-electron chi connectivity index (χ1n) is 29.5. The number of rotatable bonds is 9. The van der Waals surface area contributed by atoms with Gasteiger partial charge in [0.15, 0.2) is 0 Å². The molecule has 0 atom stereocenters. The zero-order chi connectivity index (χ0) is 58.1. The van der Waals surface area contributed by atoms with Gasteiger partial charge in [0.05, 0.1) is 40.0 Å². The average molecular weight is 1110 g/mol. The van der Waals surface area contributed by atoms with E-state index in [4.69, 9.17) is 0 Å². The molecule has 16 rings (SSSR count). The predicted octanol–water partition coefficient (Wildman–Crippen LogP) is 18.9. The van der Waals surface area contributed by atoms with Crippen molar-refractivity contribution in [3.63, 3.8) is 0 Å². The highest BCUT2D eigenvalue weighted by Crippen LogP contribution is 2.49. The number of fused-ring (bicyclic) bond motifs is 7. The summed E-state index contributed by atoms with van der Waals surface area (Å²) in [7, 11) is 0. The molecule has 13 aromatic carbocycles. The summed E-state index contributed by atoms with van der Waals surface area (Å²) in [5, 5.41) is 23.0. The fraction of sp³-hybridized carbons (Fsp3) is 0.0123. The number of nitrogens with zero attached hydrogens (tertiary/aromatic N) is 5. The lowest BCUT2D eigenvalue weighted by molar-refractivity contribution is 1.18. The Morgan fingerprint density at radius 1 is 0.310 bits per heavy atom. The van der Waals surface area contributed by atoms with E-state index in [-0.39, 0.29) is 6.71 Å². The SMILES string of the molecule is Cc1ccc(-c2cc(C#N)ccc2-n2c3ccccc3c3cc(-c4cc5c6c(c4)N(c4cc(-c7ccccc7)cc(-c7ccccc7)c4)c4ccccc4B6c4ccccc4N5c4cc(-c5ccccc5)cc(-c5ccccc5)c4)ccc32)c(C#N)c1. The van der Waals surface area contributed by atoms with Crippen LogP contribution in [0.1, 0.15) is 16.7 Å². The molecule has 0 N–H and O–H groups in total. The minimum absolute atomic E-state index is 0.0992. The van der Waals surface area contributed by atoms with Gasteiger partial charge in [-0.3, -0.25) is 0 Å². The normalized spacial score (nSPS) is 12.1. The second kappa shape index (κ2) is 20.9. The number of hydrogen-bond acceptors (Lipinski definition) is 4. The van der Waals surface area contributed by atoms with Crippen molar-refractivity contribution in [2.75, 3.05) is 9.80 Å². The number of para-hydroxylation sites is 3. The monoisotopic (exact) mass is 1110 g/mol. The lowest BCUT2D eigenvalue weighted by Crippen LogP contribution is -2.61. The molecular formula is C81H52BN5. The molecule has 1 aromatic heterocycles. The molecule has 0 aliphatic carbocycles. The van der Waals surface area contributed by atoms with Crippen molar-refractivity contribution in [1.29, 1.82) is 10.5 Å². The van der Waals surface area contributed by atoms with Crippen molar-refractivity contribution in [2.45, 2.75) is 6.92 Å². The Labute approximate surface area is 506 Å². The topological polar surface area (TPSA) is 59.0 Å². The van der Waals surface area contributed by atoms with Crippen LogP contribution in [0.4, 0.5) is 34.1 Å². The summed E-state index contributed by atoms with van der Waals surface area (Å²) in [4.78, 5) is 5.07. The average Bonchev–Trinajstić information content (AvgIpc) is 1.10. The molecule has 0 amide bonds. The van der Waals surface area contributed by atoms with Gasteiger partial charge in [-0.1, -0.05) is 194 Å². The Morgan fingerprint density at radius 3 is 1.30 bits per heavy atom. The second-order valence-electron chi connectivity index (χ2n) is 22.7. The van der Waals surface area contributed by atoms with Crippen LogP contribution < -0.4 is 26.2 Å². The smallest absolute Gasteiger partial charge is 0.252 e. The molecule has 0 saturated heterocycles. The van der Waals surface area contributed by atoms with E-state index in [0.29, 0.717) is 11.1 Å². The van der Waals surface area contributed by atoms with Crippen LogP contribution in [0, 0.1) is 29.6 Å². The summed E-state index contributed by atoms with van der Waals surface area (Å²) in [6.45, 7) is 1.90. The van der Waals surface area contributed by atoms with Crippen LogP contribution >= 0.6 is 0 Å². The summed E-state index contributed by atoms with van der Waals surface area (Å²) in [6.07, 6.45) is 0. The molecule has 5 nitrogen and oxygen atoms in total. The van der Waals surface area contributed by atoms with Gasteiger partial charge in [0, 0.05) is 56.0 Å². The van der Waals surface area contributed by atoms with E-state index in [1.807, 2.05) is 43.3 Å². The lowest BCUT2D eigenvalue weighted by Gasteiger charge is -2.44. The van der Waals surface area contributed by atoms with Gasteiger partial charge in [0.25, 0.3) is 6.71 Å². The van der Waals surface area contributed by atoms with E-state index in [0.717, 1.165) is 134 Å². The summed E-state index contributed by atoms with van der Waals surface area (Å²) >= 11 is 0. The third-order valence-electron chi connectivity index (χ3n) is 17.6. The maximum Gasteiger partial charge on any atom is 0.252 e. The number of hydrogen-bond donors (Lipinski definition) is 0. The van der Waals surface area contributed by atoms with E-state index < -0.39 is 0 Å². The van der Waals surface area contributed by atoms with Gasteiger partial charge in [-0.2, -0.15) is 10.5 Å².